The first-order chi connectivity index (χ1) is 13.7. The van der Waals surface area contributed by atoms with Gasteiger partial charge < -0.3 is 15.1 Å². The largest absolute Gasteiger partial charge is 0.344 e. The van der Waals surface area contributed by atoms with Gasteiger partial charge in [-0.15, -0.1) is 0 Å². The number of hydrogen-bond donors (Lipinski definition) is 1. The zero-order valence-electron chi connectivity index (χ0n) is 20.7. The van der Waals surface area contributed by atoms with E-state index in [9.17, 15) is 14.4 Å². The lowest BCUT2D eigenvalue weighted by Gasteiger charge is -2.42. The molecule has 3 amide bonds. The molecule has 0 saturated carbocycles. The number of amides is 3. The van der Waals surface area contributed by atoms with Gasteiger partial charge in [0.15, 0.2) is 0 Å². The highest BCUT2D eigenvalue weighted by atomic mass is 16.2. The Bertz CT molecular complexity index is 595. The molecule has 3 unspecified atom stereocenters. The summed E-state index contributed by atoms with van der Waals surface area (Å²) in [5, 5.41) is 2.93. The first-order valence-corrected chi connectivity index (χ1v) is 11.6. The molecule has 30 heavy (non-hydrogen) atoms. The Morgan fingerprint density at radius 3 is 2.07 bits per heavy atom. The molecule has 3 atom stereocenters. The maximum absolute atomic E-state index is 13.1. The maximum atomic E-state index is 13.1. The van der Waals surface area contributed by atoms with E-state index in [0.29, 0.717) is 38.4 Å². The fourth-order valence-electron chi connectivity index (χ4n) is 4.37. The second-order valence-corrected chi connectivity index (χ2v) is 11.2. The average molecular weight is 424 g/mol. The second kappa shape index (κ2) is 11.1. The van der Waals surface area contributed by atoms with Crippen LogP contribution in [-0.4, -0.2) is 59.2 Å². The molecular weight excluding hydrogens is 378 g/mol. The molecule has 0 aromatic rings. The van der Waals surface area contributed by atoms with E-state index >= 15 is 0 Å². The summed E-state index contributed by atoms with van der Waals surface area (Å²) in [6, 6.07) is -0.534. The Labute approximate surface area is 184 Å². The number of rotatable bonds is 8. The zero-order valence-corrected chi connectivity index (χ0v) is 20.7. The number of nitrogens with zero attached hydrogens (tertiary/aromatic N) is 2. The van der Waals surface area contributed by atoms with Gasteiger partial charge in [0.05, 0.1) is 0 Å². The molecule has 1 heterocycles. The van der Waals surface area contributed by atoms with E-state index in [4.69, 9.17) is 0 Å². The van der Waals surface area contributed by atoms with Crippen LogP contribution in [0.3, 0.4) is 0 Å². The highest BCUT2D eigenvalue weighted by molar-refractivity contribution is 5.88. The zero-order chi connectivity index (χ0) is 23.2. The topological polar surface area (TPSA) is 69.7 Å². The van der Waals surface area contributed by atoms with E-state index in [2.05, 4.69) is 33.0 Å². The summed E-state index contributed by atoms with van der Waals surface area (Å²) in [5.74, 6) is 0.668. The highest BCUT2D eigenvalue weighted by Crippen LogP contribution is 2.27. The minimum Gasteiger partial charge on any atom is -0.344 e. The lowest BCUT2D eigenvalue weighted by atomic mass is 9.84. The van der Waals surface area contributed by atoms with Crippen LogP contribution in [0.4, 0.5) is 0 Å². The van der Waals surface area contributed by atoms with Crippen molar-refractivity contribution < 1.29 is 14.4 Å². The summed E-state index contributed by atoms with van der Waals surface area (Å²) in [7, 11) is 0. The number of hydrogen-bond acceptors (Lipinski definition) is 3. The van der Waals surface area contributed by atoms with Gasteiger partial charge in [-0.2, -0.15) is 0 Å². The Morgan fingerprint density at radius 1 is 1.00 bits per heavy atom. The molecular formula is C24H45N3O3. The molecule has 1 rings (SSSR count). The number of nitrogens with one attached hydrogen (secondary N) is 1. The quantitative estimate of drug-likeness (QED) is 0.647. The fourth-order valence-corrected chi connectivity index (χ4v) is 4.37. The van der Waals surface area contributed by atoms with Gasteiger partial charge in [-0.05, 0) is 36.5 Å². The first-order valence-electron chi connectivity index (χ1n) is 11.6. The summed E-state index contributed by atoms with van der Waals surface area (Å²) in [6.45, 7) is 20.2. The van der Waals surface area contributed by atoms with Crippen LogP contribution >= 0.6 is 0 Å². The van der Waals surface area contributed by atoms with E-state index in [-0.39, 0.29) is 41.0 Å². The molecule has 0 aliphatic carbocycles. The van der Waals surface area contributed by atoms with Crippen molar-refractivity contribution in [3.8, 4) is 0 Å². The molecule has 1 fully saturated rings. The lowest BCUT2D eigenvalue weighted by molar-refractivity contribution is -0.145. The molecule has 6 nitrogen and oxygen atoms in total. The van der Waals surface area contributed by atoms with E-state index < -0.39 is 6.04 Å². The fraction of sp³-hybridized carbons (Fsp3) is 0.875. The third kappa shape index (κ3) is 8.65. The molecule has 6 heteroatoms. The Balaban J connectivity index is 2.69. The third-order valence-electron chi connectivity index (χ3n) is 5.59. The molecule has 0 aromatic carbocycles. The minimum atomic E-state index is -0.516. The van der Waals surface area contributed by atoms with Crippen molar-refractivity contribution in [3.05, 3.63) is 0 Å². The van der Waals surface area contributed by atoms with Crippen LogP contribution in [0.5, 0.6) is 0 Å². The van der Waals surface area contributed by atoms with E-state index in [1.165, 1.54) is 0 Å². The van der Waals surface area contributed by atoms with Gasteiger partial charge in [-0.1, -0.05) is 55.4 Å². The molecule has 0 radical (unpaired) electrons. The lowest BCUT2D eigenvalue weighted by Crippen LogP contribution is -2.60. The molecule has 1 aliphatic heterocycles. The Hall–Kier alpha value is -1.59. The van der Waals surface area contributed by atoms with Gasteiger partial charge in [0.2, 0.25) is 17.7 Å². The highest BCUT2D eigenvalue weighted by Gasteiger charge is 2.35. The summed E-state index contributed by atoms with van der Waals surface area (Å²) < 4.78 is 0. The van der Waals surface area contributed by atoms with Gasteiger partial charge in [-0.3, -0.25) is 14.4 Å². The molecule has 1 aliphatic rings. The number of carbonyl (C=O) groups is 3. The van der Waals surface area contributed by atoms with Crippen LogP contribution in [0.15, 0.2) is 0 Å². The predicted molar refractivity (Wildman–Crippen MR) is 122 cm³/mol. The monoisotopic (exact) mass is 423 g/mol. The summed E-state index contributed by atoms with van der Waals surface area (Å²) in [6.07, 6.45) is 1.98. The minimum absolute atomic E-state index is 0.0156. The molecule has 174 valence electrons. The van der Waals surface area contributed by atoms with Crippen LogP contribution in [-0.2, 0) is 14.4 Å². The molecule has 0 bridgehead atoms. The van der Waals surface area contributed by atoms with Crippen LogP contribution < -0.4 is 5.32 Å². The van der Waals surface area contributed by atoms with Crippen molar-refractivity contribution in [2.45, 2.75) is 93.7 Å². The van der Waals surface area contributed by atoms with E-state index in [0.717, 1.165) is 6.42 Å². The number of carbonyl (C=O) groups excluding carboxylic acids is 3. The summed E-state index contributed by atoms with van der Waals surface area (Å²) in [5.41, 5.74) is 0.211. The van der Waals surface area contributed by atoms with E-state index in [1.807, 2.05) is 44.4 Å². The van der Waals surface area contributed by atoms with Crippen molar-refractivity contribution >= 4 is 17.7 Å². The van der Waals surface area contributed by atoms with Crippen molar-refractivity contribution in [2.24, 2.45) is 23.2 Å². The number of piperazine rings is 1. The van der Waals surface area contributed by atoms with Crippen LogP contribution in [0, 0.1) is 23.2 Å². The van der Waals surface area contributed by atoms with Gasteiger partial charge in [0.25, 0.3) is 0 Å². The van der Waals surface area contributed by atoms with Crippen molar-refractivity contribution in [2.75, 3.05) is 19.6 Å². The molecule has 0 spiro atoms. The first kappa shape index (κ1) is 26.4. The maximum Gasteiger partial charge on any atom is 0.245 e. The van der Waals surface area contributed by atoms with Gasteiger partial charge in [0, 0.05) is 38.5 Å². The van der Waals surface area contributed by atoms with Crippen LogP contribution in [0.25, 0.3) is 0 Å². The molecule has 1 saturated heterocycles. The second-order valence-electron chi connectivity index (χ2n) is 11.2. The van der Waals surface area contributed by atoms with Gasteiger partial charge >= 0.3 is 0 Å². The van der Waals surface area contributed by atoms with Crippen LogP contribution in [0.2, 0.25) is 0 Å². The summed E-state index contributed by atoms with van der Waals surface area (Å²) >= 11 is 0. The van der Waals surface area contributed by atoms with E-state index in [1.54, 1.807) is 0 Å². The molecule has 0 aromatic heterocycles. The smallest absolute Gasteiger partial charge is 0.245 e. The van der Waals surface area contributed by atoms with Crippen LogP contribution in [0.1, 0.15) is 81.6 Å². The standard InChI is InChI=1S/C24H45N3O3/c1-16(2)12-20(28)25-22(17(3)4)23(30)26-10-11-27(19(6)15-26)21(29)13-18(5)14-24(7,8)9/h16-19,22H,10-15H2,1-9H3,(H,25,28). The Kier molecular flexibility index (Phi) is 9.83. The molecule has 1 N–H and O–H groups in total. The summed E-state index contributed by atoms with van der Waals surface area (Å²) in [4.78, 5) is 41.9. The van der Waals surface area contributed by atoms with Crippen molar-refractivity contribution in [3.63, 3.8) is 0 Å². The Morgan fingerprint density at radius 2 is 1.60 bits per heavy atom. The van der Waals surface area contributed by atoms with Crippen molar-refractivity contribution in [1.29, 1.82) is 0 Å². The third-order valence-corrected chi connectivity index (χ3v) is 5.59. The van der Waals surface area contributed by atoms with Crippen molar-refractivity contribution in [1.82, 2.24) is 15.1 Å². The van der Waals surface area contributed by atoms with Gasteiger partial charge in [-0.25, -0.2) is 0 Å². The average Bonchev–Trinajstić information content (AvgIpc) is 2.56. The normalized spacial score (nSPS) is 19.8. The predicted octanol–water partition coefficient (Wildman–Crippen LogP) is 3.70. The SMILES string of the molecule is CC(C)CC(=O)NC(C(=O)N1CCN(C(=O)CC(C)CC(C)(C)C)C(C)C1)C(C)C. The van der Waals surface area contributed by atoms with Gasteiger partial charge in [0.1, 0.15) is 6.04 Å².